The molecular weight excluding hydrogens is 348 g/mol. The van der Waals surface area contributed by atoms with Crippen LogP contribution in [0.25, 0.3) is 0 Å². The first-order valence-corrected chi connectivity index (χ1v) is 9.35. The van der Waals surface area contributed by atoms with Crippen molar-refractivity contribution in [2.24, 2.45) is 5.73 Å². The molecule has 0 bridgehead atoms. The van der Waals surface area contributed by atoms with Gasteiger partial charge in [0, 0.05) is 32.6 Å². The molecule has 2 aromatic rings. The standard InChI is InChI=1S/C16H22N4O2S.ClH/c17-9-12-19(11-8-14-5-2-1-3-6-14)23(21,22)16-13-18-15-7-4-10-20(15)16;/h1-3,5-6,13H,4,7-12,17H2;1H. The Balaban J connectivity index is 0.00000208. The van der Waals surface area contributed by atoms with E-state index in [-0.39, 0.29) is 12.4 Å². The first kappa shape index (κ1) is 18.9. The van der Waals surface area contributed by atoms with Crippen LogP contribution in [0.4, 0.5) is 0 Å². The monoisotopic (exact) mass is 370 g/mol. The van der Waals surface area contributed by atoms with Gasteiger partial charge in [-0.1, -0.05) is 30.3 Å². The summed E-state index contributed by atoms with van der Waals surface area (Å²) < 4.78 is 29.2. The molecule has 0 saturated heterocycles. The summed E-state index contributed by atoms with van der Waals surface area (Å²) in [6.45, 7) is 1.76. The van der Waals surface area contributed by atoms with E-state index in [1.165, 1.54) is 10.5 Å². The van der Waals surface area contributed by atoms with E-state index in [0.717, 1.165) is 30.8 Å². The van der Waals surface area contributed by atoms with Crippen molar-refractivity contribution in [1.29, 1.82) is 0 Å². The predicted octanol–water partition coefficient (Wildman–Crippen LogP) is 1.44. The number of rotatable bonds is 7. The van der Waals surface area contributed by atoms with E-state index < -0.39 is 10.0 Å². The summed E-state index contributed by atoms with van der Waals surface area (Å²) in [5.41, 5.74) is 6.75. The SMILES string of the molecule is Cl.NCCN(CCc1ccccc1)S(=O)(=O)c1cnc2n1CCC2. The van der Waals surface area contributed by atoms with Crippen LogP contribution in [0.5, 0.6) is 0 Å². The summed E-state index contributed by atoms with van der Waals surface area (Å²) in [4.78, 5) is 4.25. The van der Waals surface area contributed by atoms with Gasteiger partial charge in [-0.3, -0.25) is 0 Å². The van der Waals surface area contributed by atoms with Gasteiger partial charge < -0.3 is 10.3 Å². The Morgan fingerprint density at radius 2 is 1.96 bits per heavy atom. The largest absolute Gasteiger partial charge is 0.329 e. The van der Waals surface area contributed by atoms with Gasteiger partial charge in [0.15, 0.2) is 5.03 Å². The van der Waals surface area contributed by atoms with Crippen molar-refractivity contribution in [1.82, 2.24) is 13.9 Å². The van der Waals surface area contributed by atoms with E-state index in [4.69, 9.17) is 5.73 Å². The van der Waals surface area contributed by atoms with Crippen LogP contribution in [-0.2, 0) is 29.4 Å². The van der Waals surface area contributed by atoms with Crippen molar-refractivity contribution >= 4 is 22.4 Å². The number of fused-ring (bicyclic) bond motifs is 1. The maximum atomic E-state index is 13.0. The Kier molecular flexibility index (Phi) is 6.40. The van der Waals surface area contributed by atoms with E-state index in [1.54, 1.807) is 0 Å². The van der Waals surface area contributed by atoms with Crippen molar-refractivity contribution in [3.05, 3.63) is 47.9 Å². The molecule has 8 heteroatoms. The number of nitrogens with two attached hydrogens (primary N) is 1. The van der Waals surface area contributed by atoms with Crippen LogP contribution in [0.3, 0.4) is 0 Å². The van der Waals surface area contributed by atoms with Gasteiger partial charge in [0.1, 0.15) is 5.82 Å². The number of halogens is 1. The van der Waals surface area contributed by atoms with Gasteiger partial charge in [-0.25, -0.2) is 13.4 Å². The molecule has 0 atom stereocenters. The number of benzene rings is 1. The molecule has 0 radical (unpaired) electrons. The van der Waals surface area contributed by atoms with Crippen molar-refractivity contribution in [2.75, 3.05) is 19.6 Å². The molecule has 1 aromatic heterocycles. The Morgan fingerprint density at radius 3 is 2.67 bits per heavy atom. The topological polar surface area (TPSA) is 81.2 Å². The highest BCUT2D eigenvalue weighted by molar-refractivity contribution is 7.89. The number of hydrogen-bond donors (Lipinski definition) is 1. The molecule has 6 nitrogen and oxygen atoms in total. The number of nitrogens with zero attached hydrogens (tertiary/aromatic N) is 3. The fraction of sp³-hybridized carbons (Fsp3) is 0.438. The van der Waals surface area contributed by atoms with Crippen molar-refractivity contribution in [3.63, 3.8) is 0 Å². The van der Waals surface area contributed by atoms with Crippen LogP contribution in [-0.4, -0.2) is 41.9 Å². The Morgan fingerprint density at radius 1 is 1.21 bits per heavy atom. The second kappa shape index (κ2) is 8.11. The molecule has 0 unspecified atom stereocenters. The van der Waals surface area contributed by atoms with Crippen molar-refractivity contribution in [3.8, 4) is 0 Å². The third kappa shape index (κ3) is 3.80. The van der Waals surface area contributed by atoms with Gasteiger partial charge >= 0.3 is 0 Å². The highest BCUT2D eigenvalue weighted by Crippen LogP contribution is 2.23. The van der Waals surface area contributed by atoms with Crippen molar-refractivity contribution in [2.45, 2.75) is 30.8 Å². The highest BCUT2D eigenvalue weighted by Gasteiger charge is 2.30. The molecule has 1 aromatic carbocycles. The van der Waals surface area contributed by atoms with E-state index in [2.05, 4.69) is 4.98 Å². The Labute approximate surface area is 149 Å². The van der Waals surface area contributed by atoms with E-state index in [9.17, 15) is 8.42 Å². The van der Waals surface area contributed by atoms with Gasteiger partial charge in [0.05, 0.1) is 6.20 Å². The van der Waals surface area contributed by atoms with E-state index in [0.29, 0.717) is 31.1 Å². The van der Waals surface area contributed by atoms with Crippen LogP contribution in [0.2, 0.25) is 0 Å². The molecule has 0 spiro atoms. The third-order valence-electron chi connectivity index (χ3n) is 4.16. The molecule has 0 amide bonds. The molecular formula is C16H23ClN4O2S. The summed E-state index contributed by atoms with van der Waals surface area (Å²) in [5.74, 6) is 0.860. The lowest BCUT2D eigenvalue weighted by Gasteiger charge is -2.21. The number of imidazole rings is 1. The molecule has 0 aliphatic carbocycles. The van der Waals surface area contributed by atoms with Gasteiger partial charge in [-0.15, -0.1) is 12.4 Å². The number of hydrogen-bond acceptors (Lipinski definition) is 4. The van der Waals surface area contributed by atoms with Crippen LogP contribution in [0, 0.1) is 0 Å². The zero-order valence-corrected chi connectivity index (χ0v) is 15.1. The van der Waals surface area contributed by atoms with Gasteiger partial charge in [0.2, 0.25) is 0 Å². The van der Waals surface area contributed by atoms with Crippen LogP contribution in [0.1, 0.15) is 17.8 Å². The minimum atomic E-state index is -3.56. The van der Waals surface area contributed by atoms with E-state index >= 15 is 0 Å². The second-order valence-corrected chi connectivity index (χ2v) is 7.58. The number of sulfonamides is 1. The Hall–Kier alpha value is -1.41. The van der Waals surface area contributed by atoms with Crippen LogP contribution >= 0.6 is 12.4 Å². The van der Waals surface area contributed by atoms with Crippen molar-refractivity contribution < 1.29 is 8.42 Å². The predicted molar refractivity (Wildman–Crippen MR) is 95.8 cm³/mol. The summed E-state index contributed by atoms with van der Waals surface area (Å²) >= 11 is 0. The van der Waals surface area contributed by atoms with Gasteiger partial charge in [-0.2, -0.15) is 4.31 Å². The molecule has 132 valence electrons. The fourth-order valence-electron chi connectivity index (χ4n) is 2.96. The van der Waals surface area contributed by atoms with Gasteiger partial charge in [0.25, 0.3) is 10.0 Å². The summed E-state index contributed by atoms with van der Waals surface area (Å²) in [7, 11) is -3.56. The summed E-state index contributed by atoms with van der Waals surface area (Å²) in [6.07, 6.45) is 3.94. The third-order valence-corrected chi connectivity index (χ3v) is 6.06. The maximum Gasteiger partial charge on any atom is 0.260 e. The zero-order chi connectivity index (χ0) is 16.3. The number of aromatic nitrogens is 2. The molecule has 1 aliphatic rings. The first-order chi connectivity index (χ1) is 11.1. The lowest BCUT2D eigenvalue weighted by Crippen LogP contribution is -2.37. The quantitative estimate of drug-likeness (QED) is 0.799. The summed E-state index contributed by atoms with van der Waals surface area (Å²) in [5, 5.41) is 0.298. The minimum Gasteiger partial charge on any atom is -0.329 e. The normalized spacial score (nSPS) is 13.8. The average Bonchev–Trinajstić information content (AvgIpc) is 3.15. The number of aryl methyl sites for hydroxylation is 1. The average molecular weight is 371 g/mol. The molecule has 24 heavy (non-hydrogen) atoms. The lowest BCUT2D eigenvalue weighted by atomic mass is 10.1. The smallest absolute Gasteiger partial charge is 0.260 e. The van der Waals surface area contributed by atoms with Gasteiger partial charge in [-0.05, 0) is 18.4 Å². The Bertz CT molecular complexity index is 762. The zero-order valence-electron chi connectivity index (χ0n) is 13.5. The summed E-state index contributed by atoms with van der Waals surface area (Å²) in [6, 6.07) is 9.88. The highest BCUT2D eigenvalue weighted by atomic mass is 35.5. The van der Waals surface area contributed by atoms with Crippen LogP contribution < -0.4 is 5.73 Å². The molecule has 3 rings (SSSR count). The molecule has 2 heterocycles. The first-order valence-electron chi connectivity index (χ1n) is 7.91. The minimum absolute atomic E-state index is 0. The second-order valence-electron chi connectivity index (χ2n) is 5.70. The molecule has 0 fully saturated rings. The van der Waals surface area contributed by atoms with Crippen LogP contribution in [0.15, 0.2) is 41.6 Å². The molecule has 2 N–H and O–H groups in total. The molecule has 1 aliphatic heterocycles. The van der Waals surface area contributed by atoms with E-state index in [1.807, 2.05) is 34.9 Å². The lowest BCUT2D eigenvalue weighted by molar-refractivity contribution is 0.416. The fourth-order valence-corrected chi connectivity index (χ4v) is 4.57. The molecule has 0 saturated carbocycles. The maximum absolute atomic E-state index is 13.0.